The molecule has 3 fully saturated rings. The SMILES string of the molecule is CC1=NN(C2CCN(C3CC3)CC2)C(=O)C1=NNc1cccc(C2(C(=O)O)CCCCC2)c1O. The molecule has 9 nitrogen and oxygen atoms in total. The van der Waals surface area contributed by atoms with E-state index in [0.29, 0.717) is 24.1 Å². The predicted molar refractivity (Wildman–Crippen MR) is 129 cm³/mol. The monoisotopic (exact) mass is 467 g/mol. The molecule has 1 aromatic carbocycles. The van der Waals surface area contributed by atoms with Gasteiger partial charge in [0, 0.05) is 24.7 Å². The minimum absolute atomic E-state index is 0.0728. The lowest BCUT2D eigenvalue weighted by Gasteiger charge is -2.34. The van der Waals surface area contributed by atoms with E-state index in [-0.39, 0.29) is 29.1 Å². The summed E-state index contributed by atoms with van der Waals surface area (Å²) in [5, 5.41) is 31.3. The van der Waals surface area contributed by atoms with Gasteiger partial charge in [0.25, 0.3) is 5.91 Å². The second-order valence-corrected chi connectivity index (χ2v) is 10.1. The molecule has 1 aromatic rings. The number of amides is 1. The topological polar surface area (TPSA) is 118 Å². The molecule has 2 aliphatic carbocycles. The first-order chi connectivity index (χ1) is 16.4. The summed E-state index contributed by atoms with van der Waals surface area (Å²) < 4.78 is 0. The molecule has 182 valence electrons. The largest absolute Gasteiger partial charge is 0.505 e. The maximum absolute atomic E-state index is 13.1. The molecule has 0 atom stereocenters. The highest BCUT2D eigenvalue weighted by Gasteiger charge is 2.43. The average molecular weight is 468 g/mol. The highest BCUT2D eigenvalue weighted by molar-refractivity contribution is 6.68. The number of hydrazone groups is 2. The molecule has 0 aromatic heterocycles. The third-order valence-corrected chi connectivity index (χ3v) is 7.88. The number of carboxylic acid groups (broad SMARTS) is 1. The van der Waals surface area contributed by atoms with Gasteiger partial charge in [-0.3, -0.25) is 15.0 Å². The van der Waals surface area contributed by atoms with Gasteiger partial charge >= 0.3 is 5.97 Å². The van der Waals surface area contributed by atoms with Gasteiger partial charge in [-0.05, 0) is 51.5 Å². The zero-order valence-corrected chi connectivity index (χ0v) is 19.7. The van der Waals surface area contributed by atoms with Crippen molar-refractivity contribution in [2.45, 2.75) is 82.2 Å². The lowest BCUT2D eigenvalue weighted by molar-refractivity contribution is -0.145. The standard InChI is InChI=1S/C25H33N5O4/c1-16-21(23(32)30(28-16)18-10-14-29(15-11-18)17-8-9-17)27-26-20-7-5-6-19(22(20)31)25(24(33)34)12-3-2-4-13-25/h5-7,17-18,26,31H,2-4,8-15H2,1H3,(H,33,34). The fourth-order valence-corrected chi connectivity index (χ4v) is 5.72. The fourth-order valence-electron chi connectivity index (χ4n) is 5.72. The van der Waals surface area contributed by atoms with Crippen molar-refractivity contribution in [1.82, 2.24) is 9.91 Å². The molecule has 1 amide bonds. The first kappa shape index (κ1) is 22.8. The third kappa shape index (κ3) is 4.06. The quantitative estimate of drug-likeness (QED) is 0.437. The van der Waals surface area contributed by atoms with Crippen LogP contribution in [0, 0.1) is 0 Å². The number of carbonyl (C=O) groups excluding carboxylic acids is 1. The predicted octanol–water partition coefficient (Wildman–Crippen LogP) is 3.29. The fraction of sp³-hybridized carbons (Fsp3) is 0.600. The summed E-state index contributed by atoms with van der Waals surface area (Å²) in [5.74, 6) is -1.27. The number of anilines is 1. The number of nitrogens with one attached hydrogen (secondary N) is 1. The molecule has 1 saturated heterocycles. The van der Waals surface area contributed by atoms with E-state index in [4.69, 9.17) is 0 Å². The molecule has 0 radical (unpaired) electrons. The number of rotatable bonds is 6. The number of benzene rings is 1. The van der Waals surface area contributed by atoms with Gasteiger partial charge in [0.1, 0.15) is 5.75 Å². The van der Waals surface area contributed by atoms with Crippen LogP contribution in [-0.2, 0) is 15.0 Å². The zero-order valence-electron chi connectivity index (χ0n) is 19.7. The molecule has 2 aliphatic heterocycles. The van der Waals surface area contributed by atoms with Crippen molar-refractivity contribution in [2.24, 2.45) is 10.2 Å². The smallest absolute Gasteiger partial charge is 0.314 e. The number of carbonyl (C=O) groups is 2. The van der Waals surface area contributed by atoms with Crippen LogP contribution in [0.5, 0.6) is 5.75 Å². The number of carboxylic acids is 1. The Labute approximate surface area is 199 Å². The van der Waals surface area contributed by atoms with Gasteiger partial charge in [-0.1, -0.05) is 31.4 Å². The van der Waals surface area contributed by atoms with E-state index in [1.165, 1.54) is 12.8 Å². The van der Waals surface area contributed by atoms with Crippen LogP contribution >= 0.6 is 0 Å². The summed E-state index contributed by atoms with van der Waals surface area (Å²) in [4.78, 5) is 27.8. The lowest BCUT2D eigenvalue weighted by Crippen LogP contribution is -2.45. The molecule has 0 bridgehead atoms. The second kappa shape index (κ2) is 9.02. The van der Waals surface area contributed by atoms with Gasteiger partial charge < -0.3 is 15.1 Å². The molecule has 2 saturated carbocycles. The van der Waals surface area contributed by atoms with Gasteiger partial charge in [0.05, 0.1) is 22.9 Å². The summed E-state index contributed by atoms with van der Waals surface area (Å²) in [6.07, 6.45) is 7.98. The highest BCUT2D eigenvalue weighted by Crippen LogP contribution is 2.45. The first-order valence-corrected chi connectivity index (χ1v) is 12.4. The van der Waals surface area contributed by atoms with Crippen molar-refractivity contribution in [3.63, 3.8) is 0 Å². The van der Waals surface area contributed by atoms with Crippen molar-refractivity contribution in [3.05, 3.63) is 23.8 Å². The van der Waals surface area contributed by atoms with Crippen LogP contribution in [0.3, 0.4) is 0 Å². The molecule has 9 heteroatoms. The van der Waals surface area contributed by atoms with Crippen LogP contribution in [0.4, 0.5) is 5.69 Å². The molecule has 5 rings (SSSR count). The summed E-state index contributed by atoms with van der Waals surface area (Å²) in [7, 11) is 0. The summed E-state index contributed by atoms with van der Waals surface area (Å²) >= 11 is 0. The van der Waals surface area contributed by atoms with Crippen molar-refractivity contribution in [3.8, 4) is 5.75 Å². The number of hydrogen-bond acceptors (Lipinski definition) is 7. The van der Waals surface area contributed by atoms with Crippen LogP contribution in [0.2, 0.25) is 0 Å². The minimum Gasteiger partial charge on any atom is -0.505 e. The number of para-hydroxylation sites is 1. The maximum Gasteiger partial charge on any atom is 0.314 e. The van der Waals surface area contributed by atoms with Crippen molar-refractivity contribution in [1.29, 1.82) is 0 Å². The van der Waals surface area contributed by atoms with E-state index in [9.17, 15) is 19.8 Å². The first-order valence-electron chi connectivity index (χ1n) is 12.4. The van der Waals surface area contributed by atoms with Crippen LogP contribution in [0.15, 0.2) is 28.4 Å². The normalized spacial score (nSPS) is 25.0. The maximum atomic E-state index is 13.1. The number of aliphatic carboxylic acids is 1. The number of phenolic OH excluding ortho intramolecular Hbond substituents is 1. The summed E-state index contributed by atoms with van der Waals surface area (Å²) in [6.45, 7) is 3.74. The van der Waals surface area contributed by atoms with Crippen LogP contribution in [0.25, 0.3) is 0 Å². The van der Waals surface area contributed by atoms with Gasteiger partial charge in [-0.25, -0.2) is 5.01 Å². The van der Waals surface area contributed by atoms with Gasteiger partial charge in [0.15, 0.2) is 5.71 Å². The van der Waals surface area contributed by atoms with Gasteiger partial charge in [-0.2, -0.15) is 10.2 Å². The minimum atomic E-state index is -1.10. The van der Waals surface area contributed by atoms with E-state index in [1.54, 1.807) is 30.1 Å². The Morgan fingerprint density at radius 2 is 1.82 bits per heavy atom. The van der Waals surface area contributed by atoms with Crippen molar-refractivity contribution in [2.75, 3.05) is 18.5 Å². The summed E-state index contributed by atoms with van der Waals surface area (Å²) in [5.41, 5.74) is 3.16. The molecular formula is C25H33N5O4. The van der Waals surface area contributed by atoms with Crippen molar-refractivity contribution >= 4 is 29.0 Å². The Morgan fingerprint density at radius 1 is 1.12 bits per heavy atom. The van der Waals surface area contributed by atoms with Gasteiger partial charge in [-0.15, -0.1) is 0 Å². The van der Waals surface area contributed by atoms with Crippen LogP contribution in [-0.4, -0.2) is 68.6 Å². The third-order valence-electron chi connectivity index (χ3n) is 7.88. The Morgan fingerprint density at radius 3 is 2.47 bits per heavy atom. The Hall–Kier alpha value is -2.94. The number of phenols is 1. The lowest BCUT2D eigenvalue weighted by atomic mass is 9.69. The zero-order chi connectivity index (χ0) is 23.9. The van der Waals surface area contributed by atoms with E-state index >= 15 is 0 Å². The van der Waals surface area contributed by atoms with Crippen molar-refractivity contribution < 1.29 is 19.8 Å². The number of aromatic hydroxyl groups is 1. The van der Waals surface area contributed by atoms with E-state index in [2.05, 4.69) is 20.5 Å². The number of nitrogens with zero attached hydrogens (tertiary/aromatic N) is 4. The Bertz CT molecular complexity index is 1030. The molecule has 34 heavy (non-hydrogen) atoms. The van der Waals surface area contributed by atoms with E-state index < -0.39 is 11.4 Å². The Balaban J connectivity index is 1.31. The molecular weight excluding hydrogens is 434 g/mol. The number of likely N-dealkylation sites (tertiary alicyclic amines) is 1. The Kier molecular flexibility index (Phi) is 6.06. The van der Waals surface area contributed by atoms with E-state index in [1.807, 2.05) is 0 Å². The molecule has 3 N–H and O–H groups in total. The summed E-state index contributed by atoms with van der Waals surface area (Å²) in [6, 6.07) is 5.84. The number of piperidine rings is 1. The highest BCUT2D eigenvalue weighted by atomic mass is 16.4. The van der Waals surface area contributed by atoms with Crippen LogP contribution < -0.4 is 5.43 Å². The number of hydrogen-bond donors (Lipinski definition) is 3. The molecule has 0 spiro atoms. The molecule has 2 heterocycles. The second-order valence-electron chi connectivity index (χ2n) is 10.1. The van der Waals surface area contributed by atoms with Crippen LogP contribution in [0.1, 0.15) is 70.3 Å². The molecule has 4 aliphatic rings. The van der Waals surface area contributed by atoms with E-state index in [0.717, 1.165) is 51.2 Å². The molecule has 0 unspecified atom stereocenters. The van der Waals surface area contributed by atoms with Gasteiger partial charge in [0.2, 0.25) is 0 Å². The average Bonchev–Trinajstić information content (AvgIpc) is 3.65.